The summed E-state index contributed by atoms with van der Waals surface area (Å²) in [5.41, 5.74) is 1.13. The average molecular weight is 368 g/mol. The zero-order valence-corrected chi connectivity index (χ0v) is 14.8. The smallest absolute Gasteiger partial charge is 0.243 e. The number of halogens is 1. The molecule has 1 N–H and O–H groups in total. The lowest BCUT2D eigenvalue weighted by Crippen LogP contribution is -2.09. The first-order valence-corrected chi connectivity index (χ1v) is 8.34. The van der Waals surface area contributed by atoms with Crippen LogP contribution in [0.2, 0.25) is 0 Å². The van der Waals surface area contributed by atoms with E-state index in [1.165, 1.54) is 0 Å². The van der Waals surface area contributed by atoms with E-state index in [4.69, 9.17) is 4.74 Å². The van der Waals surface area contributed by atoms with Gasteiger partial charge in [-0.3, -0.25) is 0 Å². The number of tetrazole rings is 1. The van der Waals surface area contributed by atoms with Gasteiger partial charge in [-0.15, -0.1) is 0 Å². The topological polar surface area (TPSA) is 64.9 Å². The predicted molar refractivity (Wildman–Crippen MR) is 90.0 cm³/mol. The SMILES string of the molecule is CCCCn1nnnc1NCc1ccc(OC(C)C)c(Br)c1. The number of hydrogen-bond acceptors (Lipinski definition) is 5. The van der Waals surface area contributed by atoms with Gasteiger partial charge in [-0.05, 0) is 64.3 Å². The van der Waals surface area contributed by atoms with Crippen LogP contribution in [0.25, 0.3) is 0 Å². The van der Waals surface area contributed by atoms with Crippen molar-refractivity contribution in [2.24, 2.45) is 0 Å². The van der Waals surface area contributed by atoms with Crippen LogP contribution in [0.3, 0.4) is 0 Å². The van der Waals surface area contributed by atoms with Crippen LogP contribution in [0.1, 0.15) is 39.2 Å². The summed E-state index contributed by atoms with van der Waals surface area (Å²) >= 11 is 3.54. The molecule has 1 aromatic heterocycles. The molecule has 7 heteroatoms. The summed E-state index contributed by atoms with van der Waals surface area (Å²) in [5.74, 6) is 1.55. The fourth-order valence-corrected chi connectivity index (χ4v) is 2.49. The normalized spacial score (nSPS) is 11.0. The molecule has 0 atom stereocenters. The summed E-state index contributed by atoms with van der Waals surface area (Å²) in [6.45, 7) is 7.66. The van der Waals surface area contributed by atoms with Crippen molar-refractivity contribution in [3.8, 4) is 5.75 Å². The van der Waals surface area contributed by atoms with Crippen molar-refractivity contribution in [3.63, 3.8) is 0 Å². The van der Waals surface area contributed by atoms with Gasteiger partial charge in [0.2, 0.25) is 5.95 Å². The van der Waals surface area contributed by atoms with E-state index in [9.17, 15) is 0 Å². The van der Waals surface area contributed by atoms with Crippen molar-refractivity contribution < 1.29 is 4.74 Å². The standard InChI is InChI=1S/C15H22BrN5O/c1-4-5-8-21-15(18-19-20-21)17-10-12-6-7-14(13(16)9-12)22-11(2)3/h6-7,9,11H,4-5,8,10H2,1-3H3,(H,17,18,20). The summed E-state index contributed by atoms with van der Waals surface area (Å²) in [5, 5.41) is 15.0. The van der Waals surface area contributed by atoms with Gasteiger partial charge in [-0.25, -0.2) is 4.68 Å². The number of aromatic nitrogens is 4. The Hall–Kier alpha value is -1.63. The summed E-state index contributed by atoms with van der Waals surface area (Å²) in [7, 11) is 0. The number of nitrogens with one attached hydrogen (secondary N) is 1. The van der Waals surface area contributed by atoms with E-state index >= 15 is 0 Å². The molecule has 0 aliphatic heterocycles. The summed E-state index contributed by atoms with van der Waals surface area (Å²) < 4.78 is 8.46. The van der Waals surface area contributed by atoms with Crippen molar-refractivity contribution in [3.05, 3.63) is 28.2 Å². The monoisotopic (exact) mass is 367 g/mol. The molecule has 0 spiro atoms. The summed E-state index contributed by atoms with van der Waals surface area (Å²) in [6.07, 6.45) is 2.33. The lowest BCUT2D eigenvalue weighted by molar-refractivity contribution is 0.241. The Bertz CT molecular complexity index is 599. The van der Waals surface area contributed by atoms with Crippen LogP contribution in [0.5, 0.6) is 5.75 Å². The van der Waals surface area contributed by atoms with E-state index in [1.807, 2.05) is 32.0 Å². The number of aryl methyl sites for hydroxylation is 1. The Morgan fingerprint density at radius 1 is 1.36 bits per heavy atom. The first kappa shape index (κ1) is 16.7. The molecule has 0 radical (unpaired) electrons. The number of nitrogens with zero attached hydrogens (tertiary/aromatic N) is 4. The minimum atomic E-state index is 0.156. The second-order valence-corrected chi connectivity index (χ2v) is 6.22. The van der Waals surface area contributed by atoms with E-state index in [2.05, 4.69) is 43.7 Å². The van der Waals surface area contributed by atoms with E-state index in [-0.39, 0.29) is 6.10 Å². The Morgan fingerprint density at radius 3 is 2.86 bits per heavy atom. The Balaban J connectivity index is 1.97. The lowest BCUT2D eigenvalue weighted by atomic mass is 10.2. The zero-order valence-electron chi connectivity index (χ0n) is 13.2. The minimum Gasteiger partial charge on any atom is -0.490 e. The molecule has 0 saturated carbocycles. The van der Waals surface area contributed by atoms with Crippen molar-refractivity contribution in [2.45, 2.75) is 52.8 Å². The maximum absolute atomic E-state index is 5.71. The largest absolute Gasteiger partial charge is 0.490 e. The molecule has 0 amide bonds. The van der Waals surface area contributed by atoms with E-state index < -0.39 is 0 Å². The molecule has 2 rings (SSSR count). The quantitative estimate of drug-likeness (QED) is 0.771. The van der Waals surface area contributed by atoms with Gasteiger partial charge in [-0.1, -0.05) is 24.5 Å². The second kappa shape index (κ2) is 8.12. The van der Waals surface area contributed by atoms with Gasteiger partial charge >= 0.3 is 0 Å². The van der Waals surface area contributed by atoms with Crippen LogP contribution < -0.4 is 10.1 Å². The first-order chi connectivity index (χ1) is 10.6. The third kappa shape index (κ3) is 4.69. The Kier molecular flexibility index (Phi) is 6.18. The lowest BCUT2D eigenvalue weighted by Gasteiger charge is -2.13. The first-order valence-electron chi connectivity index (χ1n) is 7.55. The van der Waals surface area contributed by atoms with E-state index in [0.717, 1.165) is 35.2 Å². The summed E-state index contributed by atoms with van der Waals surface area (Å²) in [6, 6.07) is 6.06. The molecular formula is C15H22BrN5O. The fourth-order valence-electron chi connectivity index (χ4n) is 1.97. The predicted octanol–water partition coefficient (Wildman–Crippen LogP) is 3.64. The second-order valence-electron chi connectivity index (χ2n) is 5.36. The number of rotatable bonds is 8. The van der Waals surface area contributed by atoms with E-state index in [0.29, 0.717) is 12.5 Å². The molecule has 2 aromatic rings. The highest BCUT2D eigenvalue weighted by Crippen LogP contribution is 2.27. The van der Waals surface area contributed by atoms with E-state index in [1.54, 1.807) is 4.68 Å². The van der Waals surface area contributed by atoms with Crippen LogP contribution in [0.15, 0.2) is 22.7 Å². The molecule has 6 nitrogen and oxygen atoms in total. The molecule has 1 aromatic carbocycles. The molecule has 0 unspecified atom stereocenters. The highest BCUT2D eigenvalue weighted by Gasteiger charge is 2.07. The number of hydrogen-bond donors (Lipinski definition) is 1. The molecule has 0 saturated heterocycles. The van der Waals surface area contributed by atoms with Gasteiger partial charge in [-0.2, -0.15) is 0 Å². The van der Waals surface area contributed by atoms with Crippen LogP contribution >= 0.6 is 15.9 Å². The van der Waals surface area contributed by atoms with Crippen LogP contribution in [-0.2, 0) is 13.1 Å². The highest BCUT2D eigenvalue weighted by atomic mass is 79.9. The molecule has 1 heterocycles. The van der Waals surface area contributed by atoms with Crippen LogP contribution in [0, 0.1) is 0 Å². The van der Waals surface area contributed by atoms with Gasteiger partial charge in [0.15, 0.2) is 0 Å². The minimum absolute atomic E-state index is 0.156. The number of ether oxygens (including phenoxy) is 1. The average Bonchev–Trinajstić information content (AvgIpc) is 2.92. The van der Waals surface area contributed by atoms with Crippen LogP contribution in [-0.4, -0.2) is 26.3 Å². The maximum atomic E-state index is 5.71. The number of anilines is 1. The number of unbranched alkanes of at least 4 members (excludes halogenated alkanes) is 1. The molecule has 22 heavy (non-hydrogen) atoms. The highest BCUT2D eigenvalue weighted by molar-refractivity contribution is 9.10. The summed E-state index contributed by atoms with van der Waals surface area (Å²) in [4.78, 5) is 0. The van der Waals surface area contributed by atoms with Gasteiger partial charge in [0, 0.05) is 13.1 Å². The molecule has 0 aliphatic rings. The van der Waals surface area contributed by atoms with Gasteiger partial charge < -0.3 is 10.1 Å². The van der Waals surface area contributed by atoms with Crippen LogP contribution in [0.4, 0.5) is 5.95 Å². The van der Waals surface area contributed by atoms with Crippen molar-refractivity contribution in [2.75, 3.05) is 5.32 Å². The third-order valence-corrected chi connectivity index (χ3v) is 3.68. The maximum Gasteiger partial charge on any atom is 0.243 e. The van der Waals surface area contributed by atoms with Crippen molar-refractivity contribution in [1.82, 2.24) is 20.2 Å². The number of benzene rings is 1. The van der Waals surface area contributed by atoms with Gasteiger partial charge in [0.1, 0.15) is 5.75 Å². The molecular weight excluding hydrogens is 346 g/mol. The Labute approximate surface area is 139 Å². The Morgan fingerprint density at radius 2 is 2.18 bits per heavy atom. The third-order valence-electron chi connectivity index (χ3n) is 3.06. The fraction of sp³-hybridized carbons (Fsp3) is 0.533. The van der Waals surface area contributed by atoms with Gasteiger partial charge in [0.25, 0.3) is 0 Å². The zero-order chi connectivity index (χ0) is 15.9. The van der Waals surface area contributed by atoms with Crippen molar-refractivity contribution in [1.29, 1.82) is 0 Å². The van der Waals surface area contributed by atoms with Crippen molar-refractivity contribution >= 4 is 21.9 Å². The molecule has 0 bridgehead atoms. The van der Waals surface area contributed by atoms with Gasteiger partial charge in [0.05, 0.1) is 10.6 Å². The molecule has 0 fully saturated rings. The molecule has 120 valence electrons. The molecule has 0 aliphatic carbocycles.